The van der Waals surface area contributed by atoms with Crippen LogP contribution >= 0.6 is 0 Å². The molecule has 0 spiro atoms. The Morgan fingerprint density at radius 1 is 1.33 bits per heavy atom. The second kappa shape index (κ2) is 4.76. The zero-order chi connectivity index (χ0) is 13.1. The summed E-state index contributed by atoms with van der Waals surface area (Å²) in [6, 6.07) is 11.4. The quantitative estimate of drug-likeness (QED) is 0.873. The van der Waals surface area contributed by atoms with Crippen LogP contribution in [0.1, 0.15) is 11.1 Å². The molecule has 4 nitrogen and oxygen atoms in total. The lowest BCUT2D eigenvalue weighted by molar-refractivity contribution is 1.10. The topological polar surface area (TPSA) is 65.9 Å². The van der Waals surface area contributed by atoms with Gasteiger partial charge in [-0.1, -0.05) is 6.07 Å². The third-order valence-electron chi connectivity index (χ3n) is 2.75. The molecule has 2 rings (SSSR count). The predicted octanol–water partition coefficient (Wildman–Crippen LogP) is 2.61. The molecule has 0 saturated carbocycles. The lowest BCUT2D eigenvalue weighted by Crippen LogP contribution is -2.13. The highest BCUT2D eigenvalue weighted by Crippen LogP contribution is 2.25. The molecule has 0 amide bonds. The van der Waals surface area contributed by atoms with Crippen LogP contribution in [0.15, 0.2) is 36.5 Å². The second-order valence-electron chi connectivity index (χ2n) is 4.13. The van der Waals surface area contributed by atoms with Gasteiger partial charge >= 0.3 is 0 Å². The molecular formula is C14H14N4. The highest BCUT2D eigenvalue weighted by atomic mass is 15.2. The normalized spacial score (nSPS) is 9.83. The molecule has 4 heteroatoms. The van der Waals surface area contributed by atoms with Gasteiger partial charge < -0.3 is 10.6 Å². The number of pyridine rings is 1. The number of anilines is 3. The summed E-state index contributed by atoms with van der Waals surface area (Å²) in [5.41, 5.74) is 8.89. The van der Waals surface area contributed by atoms with Gasteiger partial charge in [-0.3, -0.25) is 0 Å². The highest BCUT2D eigenvalue weighted by Gasteiger charge is 2.09. The summed E-state index contributed by atoms with van der Waals surface area (Å²) >= 11 is 0. The van der Waals surface area contributed by atoms with Gasteiger partial charge in [-0.25, -0.2) is 4.98 Å². The Kier molecular flexibility index (Phi) is 3.16. The molecule has 2 N–H and O–H groups in total. The van der Waals surface area contributed by atoms with E-state index in [1.54, 1.807) is 12.3 Å². The van der Waals surface area contributed by atoms with Crippen molar-refractivity contribution in [1.29, 1.82) is 5.26 Å². The van der Waals surface area contributed by atoms with Gasteiger partial charge in [0, 0.05) is 12.7 Å². The van der Waals surface area contributed by atoms with E-state index in [1.165, 1.54) is 0 Å². The van der Waals surface area contributed by atoms with Crippen LogP contribution in [0.5, 0.6) is 0 Å². The van der Waals surface area contributed by atoms with E-state index in [-0.39, 0.29) is 0 Å². The molecule has 0 unspecified atom stereocenters. The number of hydrogen-bond acceptors (Lipinski definition) is 4. The van der Waals surface area contributed by atoms with E-state index < -0.39 is 0 Å². The Morgan fingerprint density at radius 2 is 2.11 bits per heavy atom. The molecule has 0 aliphatic carbocycles. The fourth-order valence-corrected chi connectivity index (χ4v) is 1.85. The van der Waals surface area contributed by atoms with Gasteiger partial charge in [-0.2, -0.15) is 5.26 Å². The Morgan fingerprint density at radius 3 is 2.78 bits per heavy atom. The van der Waals surface area contributed by atoms with Gasteiger partial charge in [0.15, 0.2) is 0 Å². The number of benzene rings is 1. The molecule has 0 bridgehead atoms. The van der Waals surface area contributed by atoms with E-state index >= 15 is 0 Å². The first-order valence-electron chi connectivity index (χ1n) is 5.58. The third kappa shape index (κ3) is 2.25. The van der Waals surface area contributed by atoms with Crippen LogP contribution in [0.25, 0.3) is 0 Å². The van der Waals surface area contributed by atoms with Crippen molar-refractivity contribution in [3.63, 3.8) is 0 Å². The first-order valence-corrected chi connectivity index (χ1v) is 5.58. The Bertz CT molecular complexity index is 613. The van der Waals surface area contributed by atoms with Crippen molar-refractivity contribution in [3.05, 3.63) is 47.7 Å². The summed E-state index contributed by atoms with van der Waals surface area (Å²) in [7, 11) is 1.92. The minimum atomic E-state index is 0.632. The van der Waals surface area contributed by atoms with E-state index in [4.69, 9.17) is 11.0 Å². The monoisotopic (exact) mass is 238 g/mol. The van der Waals surface area contributed by atoms with Crippen LogP contribution < -0.4 is 10.6 Å². The summed E-state index contributed by atoms with van der Waals surface area (Å²) in [6.45, 7) is 1.96. The van der Waals surface area contributed by atoms with Crippen molar-refractivity contribution >= 4 is 17.2 Å². The molecule has 90 valence electrons. The maximum Gasteiger partial charge on any atom is 0.135 e. The van der Waals surface area contributed by atoms with E-state index in [1.807, 2.05) is 43.1 Å². The fraction of sp³-hybridized carbons (Fsp3) is 0.143. The van der Waals surface area contributed by atoms with Gasteiger partial charge in [0.05, 0.1) is 23.5 Å². The number of hydrogen-bond donors (Lipinski definition) is 1. The maximum atomic E-state index is 8.90. The summed E-state index contributed by atoms with van der Waals surface area (Å²) in [4.78, 5) is 6.27. The first-order chi connectivity index (χ1) is 8.61. The van der Waals surface area contributed by atoms with Crippen molar-refractivity contribution in [2.45, 2.75) is 6.92 Å². The van der Waals surface area contributed by atoms with Crippen LogP contribution in [-0.2, 0) is 0 Å². The molecule has 18 heavy (non-hydrogen) atoms. The van der Waals surface area contributed by atoms with Gasteiger partial charge in [0.2, 0.25) is 0 Å². The van der Waals surface area contributed by atoms with Gasteiger partial charge in [0.1, 0.15) is 5.82 Å². The van der Waals surface area contributed by atoms with Crippen molar-refractivity contribution in [2.24, 2.45) is 0 Å². The lowest BCUT2D eigenvalue weighted by Gasteiger charge is -2.20. The van der Waals surface area contributed by atoms with E-state index in [0.29, 0.717) is 11.3 Å². The van der Waals surface area contributed by atoms with E-state index in [9.17, 15) is 0 Å². The summed E-state index contributed by atoms with van der Waals surface area (Å²) in [6.07, 6.45) is 1.63. The number of nitrogens with zero attached hydrogens (tertiary/aromatic N) is 3. The Balaban J connectivity index is 2.41. The molecule has 0 atom stereocenters. The highest BCUT2D eigenvalue weighted by molar-refractivity contribution is 5.64. The van der Waals surface area contributed by atoms with Crippen molar-refractivity contribution in [1.82, 2.24) is 4.98 Å². The standard InChI is InChI=1S/C14H14N4/c1-10-6-12(16)9-17-14(10)18(2)13-5-3-4-11(7-13)8-15/h3-7,9H,16H2,1-2H3. The Hall–Kier alpha value is -2.54. The summed E-state index contributed by atoms with van der Waals surface area (Å²) in [5, 5.41) is 8.90. The number of aryl methyl sites for hydroxylation is 1. The number of nitrogen functional groups attached to an aromatic ring is 1. The van der Waals surface area contributed by atoms with Crippen LogP contribution in [0.3, 0.4) is 0 Å². The third-order valence-corrected chi connectivity index (χ3v) is 2.75. The van der Waals surface area contributed by atoms with Crippen LogP contribution in [0.4, 0.5) is 17.2 Å². The van der Waals surface area contributed by atoms with Gasteiger partial charge in [-0.05, 0) is 36.8 Å². The van der Waals surface area contributed by atoms with Crippen molar-refractivity contribution in [3.8, 4) is 6.07 Å². The zero-order valence-electron chi connectivity index (χ0n) is 10.4. The number of nitrogens with two attached hydrogens (primary N) is 1. The molecule has 1 heterocycles. The largest absolute Gasteiger partial charge is 0.397 e. The Labute approximate surface area is 106 Å². The molecule has 1 aromatic carbocycles. The predicted molar refractivity (Wildman–Crippen MR) is 72.6 cm³/mol. The molecule has 0 radical (unpaired) electrons. The number of nitriles is 1. The minimum Gasteiger partial charge on any atom is -0.397 e. The molecular weight excluding hydrogens is 224 g/mol. The smallest absolute Gasteiger partial charge is 0.135 e. The molecule has 0 fully saturated rings. The van der Waals surface area contributed by atoms with Crippen molar-refractivity contribution < 1.29 is 0 Å². The van der Waals surface area contributed by atoms with E-state index in [0.717, 1.165) is 17.1 Å². The van der Waals surface area contributed by atoms with Crippen LogP contribution in [0, 0.1) is 18.3 Å². The minimum absolute atomic E-state index is 0.632. The second-order valence-corrected chi connectivity index (χ2v) is 4.13. The maximum absolute atomic E-state index is 8.90. The van der Waals surface area contributed by atoms with Crippen molar-refractivity contribution in [2.75, 3.05) is 17.7 Å². The molecule has 0 saturated heterocycles. The van der Waals surface area contributed by atoms with Crippen LogP contribution in [0.2, 0.25) is 0 Å². The van der Waals surface area contributed by atoms with Crippen LogP contribution in [-0.4, -0.2) is 12.0 Å². The van der Waals surface area contributed by atoms with E-state index in [2.05, 4.69) is 11.1 Å². The zero-order valence-corrected chi connectivity index (χ0v) is 10.4. The SMILES string of the molecule is Cc1cc(N)cnc1N(C)c1cccc(C#N)c1. The summed E-state index contributed by atoms with van der Waals surface area (Å²) in [5.74, 6) is 0.833. The molecule has 1 aromatic heterocycles. The molecule has 0 aliphatic heterocycles. The fourth-order valence-electron chi connectivity index (χ4n) is 1.85. The number of rotatable bonds is 2. The molecule has 2 aromatic rings. The van der Waals surface area contributed by atoms with Gasteiger partial charge in [0.25, 0.3) is 0 Å². The lowest BCUT2D eigenvalue weighted by atomic mass is 10.2. The number of aromatic nitrogens is 1. The van der Waals surface area contributed by atoms with Gasteiger partial charge in [-0.15, -0.1) is 0 Å². The molecule has 0 aliphatic rings. The average molecular weight is 238 g/mol. The summed E-state index contributed by atoms with van der Waals surface area (Å²) < 4.78 is 0. The first kappa shape index (κ1) is 11.9. The average Bonchev–Trinajstić information content (AvgIpc) is 2.38.